The van der Waals surface area contributed by atoms with E-state index in [1.54, 1.807) is 43.3 Å². The maximum Gasteiger partial charge on any atom is 0.339 e. The molecule has 2 aromatic rings. The molecule has 29 heavy (non-hydrogen) atoms. The van der Waals surface area contributed by atoms with Gasteiger partial charge in [0.05, 0.1) is 24.0 Å². The van der Waals surface area contributed by atoms with Crippen molar-refractivity contribution in [3.63, 3.8) is 0 Å². The Labute approximate surface area is 172 Å². The largest absolute Gasteiger partial charge is 0.465 e. The number of methoxy groups -OCH3 is 1. The average Bonchev–Trinajstić information content (AvgIpc) is 2.71. The van der Waals surface area contributed by atoms with Gasteiger partial charge in [0.25, 0.3) is 5.91 Å². The molecule has 0 bridgehead atoms. The molecule has 0 aliphatic carbocycles. The zero-order valence-electron chi connectivity index (χ0n) is 16.3. The van der Waals surface area contributed by atoms with Gasteiger partial charge >= 0.3 is 11.9 Å². The number of nitrogens with one attached hydrogen (secondary N) is 1. The Morgan fingerprint density at radius 3 is 2.45 bits per heavy atom. The molecule has 0 aliphatic heterocycles. The minimum absolute atomic E-state index is 0.0119. The van der Waals surface area contributed by atoms with Gasteiger partial charge in [-0.1, -0.05) is 18.2 Å². The highest BCUT2D eigenvalue weighted by molar-refractivity contribution is 8.00. The molecule has 2 rings (SSSR count). The summed E-state index contributed by atoms with van der Waals surface area (Å²) in [5.74, 6) is -1.50. The van der Waals surface area contributed by atoms with Crippen molar-refractivity contribution < 1.29 is 28.7 Å². The predicted molar refractivity (Wildman–Crippen MR) is 109 cm³/mol. The summed E-state index contributed by atoms with van der Waals surface area (Å²) in [6.07, 6.45) is 0. The van der Waals surface area contributed by atoms with E-state index in [1.165, 1.54) is 31.9 Å². The Morgan fingerprint density at radius 1 is 1.03 bits per heavy atom. The molecule has 0 aromatic heterocycles. The summed E-state index contributed by atoms with van der Waals surface area (Å²) in [4.78, 5) is 48.0. The molecule has 2 aromatic carbocycles. The van der Waals surface area contributed by atoms with Gasteiger partial charge in [-0.05, 0) is 43.7 Å². The molecule has 1 N–H and O–H groups in total. The van der Waals surface area contributed by atoms with Crippen molar-refractivity contribution in [3.05, 3.63) is 59.2 Å². The van der Waals surface area contributed by atoms with Gasteiger partial charge in [0, 0.05) is 10.6 Å². The first-order valence-corrected chi connectivity index (χ1v) is 9.67. The van der Waals surface area contributed by atoms with Crippen LogP contribution >= 0.6 is 11.8 Å². The fourth-order valence-corrected chi connectivity index (χ4v) is 3.18. The van der Waals surface area contributed by atoms with Crippen molar-refractivity contribution in [1.29, 1.82) is 0 Å². The zero-order valence-corrected chi connectivity index (χ0v) is 17.1. The maximum absolute atomic E-state index is 12.4. The lowest BCUT2D eigenvalue weighted by Crippen LogP contribution is -2.22. The fourth-order valence-electron chi connectivity index (χ4n) is 2.34. The topological polar surface area (TPSA) is 98.8 Å². The molecule has 0 radical (unpaired) electrons. The summed E-state index contributed by atoms with van der Waals surface area (Å²) in [6.45, 7) is 2.74. The summed E-state index contributed by atoms with van der Waals surface area (Å²) in [7, 11) is 1.27. The van der Waals surface area contributed by atoms with Crippen molar-refractivity contribution in [2.45, 2.75) is 18.7 Å². The van der Waals surface area contributed by atoms with E-state index < -0.39 is 24.5 Å². The van der Waals surface area contributed by atoms with Crippen molar-refractivity contribution in [1.82, 2.24) is 0 Å². The lowest BCUT2D eigenvalue weighted by molar-refractivity contribution is -0.119. The number of hydrogen-bond acceptors (Lipinski definition) is 7. The van der Waals surface area contributed by atoms with Crippen molar-refractivity contribution in [2.75, 3.05) is 24.8 Å². The molecule has 0 atom stereocenters. The lowest BCUT2D eigenvalue weighted by Gasteiger charge is -2.11. The third kappa shape index (κ3) is 6.46. The number of rotatable bonds is 8. The Hall–Kier alpha value is -3.13. The number of ether oxygens (including phenoxy) is 2. The van der Waals surface area contributed by atoms with E-state index in [-0.39, 0.29) is 17.1 Å². The van der Waals surface area contributed by atoms with E-state index in [1.807, 2.05) is 0 Å². The summed E-state index contributed by atoms with van der Waals surface area (Å²) >= 11 is 1.23. The third-order valence-electron chi connectivity index (χ3n) is 3.81. The minimum Gasteiger partial charge on any atom is -0.465 e. The Kier molecular flexibility index (Phi) is 7.97. The van der Waals surface area contributed by atoms with Crippen LogP contribution in [0.5, 0.6) is 0 Å². The second kappa shape index (κ2) is 10.4. The highest BCUT2D eigenvalue weighted by Gasteiger charge is 2.16. The number of thioether (sulfide) groups is 1. The van der Waals surface area contributed by atoms with Crippen LogP contribution in [0.4, 0.5) is 5.69 Å². The van der Waals surface area contributed by atoms with Gasteiger partial charge in [0.15, 0.2) is 6.61 Å². The number of Topliss-reactive ketones (excluding diaryl/α,β-unsaturated/α-hetero) is 1. The van der Waals surface area contributed by atoms with Gasteiger partial charge in [-0.3, -0.25) is 9.59 Å². The standard InChI is InChI=1S/C21H21NO6S/c1-13-8-9-15(20(25)27-3)10-17(13)22-19(24)11-28-21(26)16-6-4-5-7-18(16)29-12-14(2)23/h4-10H,11-12H2,1-3H3,(H,22,24). The molecule has 0 fully saturated rings. The van der Waals surface area contributed by atoms with Crippen LogP contribution in [0.2, 0.25) is 0 Å². The lowest BCUT2D eigenvalue weighted by atomic mass is 10.1. The molecule has 152 valence electrons. The second-order valence-corrected chi connectivity index (χ2v) is 7.15. The van der Waals surface area contributed by atoms with Gasteiger partial charge in [-0.25, -0.2) is 9.59 Å². The van der Waals surface area contributed by atoms with Crippen LogP contribution in [0.25, 0.3) is 0 Å². The third-order valence-corrected chi connectivity index (χ3v) is 5.02. The summed E-state index contributed by atoms with van der Waals surface area (Å²) in [5.41, 5.74) is 1.74. The van der Waals surface area contributed by atoms with Gasteiger partial charge in [-0.15, -0.1) is 11.8 Å². The van der Waals surface area contributed by atoms with E-state index >= 15 is 0 Å². The van der Waals surface area contributed by atoms with Crippen LogP contribution in [0.1, 0.15) is 33.2 Å². The number of amides is 1. The van der Waals surface area contributed by atoms with E-state index in [0.29, 0.717) is 16.1 Å². The normalized spacial score (nSPS) is 10.2. The number of anilines is 1. The molecule has 0 heterocycles. The molecule has 1 amide bonds. The molecule has 0 unspecified atom stereocenters. The second-order valence-electron chi connectivity index (χ2n) is 6.13. The first kappa shape index (κ1) is 22.2. The Balaban J connectivity index is 2.00. The Bertz CT molecular complexity index is 941. The van der Waals surface area contributed by atoms with Gasteiger partial charge in [-0.2, -0.15) is 0 Å². The monoisotopic (exact) mass is 415 g/mol. The van der Waals surface area contributed by atoms with Crippen LogP contribution in [-0.2, 0) is 19.1 Å². The van der Waals surface area contributed by atoms with Crippen LogP contribution in [0, 0.1) is 6.92 Å². The number of hydrogen-bond donors (Lipinski definition) is 1. The van der Waals surface area contributed by atoms with Crippen molar-refractivity contribution in [2.24, 2.45) is 0 Å². The molecule has 0 saturated carbocycles. The average molecular weight is 415 g/mol. The highest BCUT2D eigenvalue weighted by atomic mass is 32.2. The number of benzene rings is 2. The summed E-state index contributed by atoms with van der Waals surface area (Å²) in [5, 5.41) is 2.62. The molecule has 0 spiro atoms. The van der Waals surface area contributed by atoms with E-state index in [9.17, 15) is 19.2 Å². The van der Waals surface area contributed by atoms with Crippen LogP contribution in [0.15, 0.2) is 47.4 Å². The first-order chi connectivity index (χ1) is 13.8. The minimum atomic E-state index is -0.660. The van der Waals surface area contributed by atoms with Crippen LogP contribution in [-0.4, -0.2) is 43.1 Å². The SMILES string of the molecule is COC(=O)c1ccc(C)c(NC(=O)COC(=O)c2ccccc2SCC(C)=O)c1. The van der Waals surface area contributed by atoms with Crippen molar-refractivity contribution in [3.8, 4) is 0 Å². The van der Waals surface area contributed by atoms with E-state index in [2.05, 4.69) is 10.1 Å². The van der Waals surface area contributed by atoms with E-state index in [0.717, 1.165) is 5.56 Å². The Morgan fingerprint density at radius 2 is 1.76 bits per heavy atom. The highest BCUT2D eigenvalue weighted by Crippen LogP contribution is 2.23. The molecule has 7 nitrogen and oxygen atoms in total. The molecule has 0 saturated heterocycles. The van der Waals surface area contributed by atoms with Gasteiger partial charge < -0.3 is 14.8 Å². The smallest absolute Gasteiger partial charge is 0.339 e. The summed E-state index contributed by atoms with van der Waals surface area (Å²) < 4.78 is 9.77. The predicted octanol–water partition coefficient (Wildman–Crippen LogP) is 3.26. The van der Waals surface area contributed by atoms with Gasteiger partial charge in [0.2, 0.25) is 0 Å². The number of esters is 2. The molecule has 0 aliphatic rings. The number of carbonyl (C=O) groups excluding carboxylic acids is 4. The molecular formula is C21H21NO6S. The molecular weight excluding hydrogens is 394 g/mol. The van der Waals surface area contributed by atoms with Crippen LogP contribution in [0.3, 0.4) is 0 Å². The zero-order chi connectivity index (χ0) is 21.4. The number of carbonyl (C=O) groups is 4. The number of aryl methyl sites for hydroxylation is 1. The fraction of sp³-hybridized carbons (Fsp3) is 0.238. The van der Waals surface area contributed by atoms with Crippen molar-refractivity contribution >= 4 is 41.1 Å². The molecule has 8 heteroatoms. The quantitative estimate of drug-likeness (QED) is 0.522. The van der Waals surface area contributed by atoms with E-state index in [4.69, 9.17) is 4.74 Å². The van der Waals surface area contributed by atoms with Gasteiger partial charge in [0.1, 0.15) is 5.78 Å². The maximum atomic E-state index is 12.4. The summed E-state index contributed by atoms with van der Waals surface area (Å²) in [6, 6.07) is 11.5. The first-order valence-electron chi connectivity index (χ1n) is 8.69. The van der Waals surface area contributed by atoms with Crippen LogP contribution < -0.4 is 5.32 Å². The number of ketones is 1.